The molecule has 1 N–H and O–H groups in total. The lowest BCUT2D eigenvalue weighted by molar-refractivity contribution is 0.452. The average Bonchev–Trinajstić information content (AvgIpc) is 2.46. The summed E-state index contributed by atoms with van der Waals surface area (Å²) in [7, 11) is 0.727. The number of hydrogen-bond acceptors (Lipinski definition) is 2. The fraction of sp³-hybridized carbons (Fsp3) is 0.400. The van der Waals surface area contributed by atoms with Crippen molar-refractivity contribution < 1.29 is 9.68 Å². The van der Waals surface area contributed by atoms with E-state index >= 15 is 0 Å². The minimum atomic E-state index is -0.0326. The fourth-order valence-corrected chi connectivity index (χ4v) is 2.88. The van der Waals surface area contributed by atoms with Gasteiger partial charge in [-0.15, -0.1) is 0 Å². The molecule has 0 spiro atoms. The molecule has 0 aliphatic heterocycles. The van der Waals surface area contributed by atoms with Crippen molar-refractivity contribution in [3.05, 3.63) is 53.6 Å². The summed E-state index contributed by atoms with van der Waals surface area (Å²) in [5.41, 5.74) is 5.04. The monoisotopic (exact) mass is 309 g/mol. The van der Waals surface area contributed by atoms with Gasteiger partial charge in [-0.3, -0.25) is 0 Å². The van der Waals surface area contributed by atoms with Crippen molar-refractivity contribution in [2.24, 2.45) is 0 Å². The lowest BCUT2D eigenvalue weighted by atomic mass is 9.77. The maximum Gasteiger partial charge on any atom is 0.569 e. The van der Waals surface area contributed by atoms with Crippen LogP contribution < -0.4 is 4.65 Å². The molecule has 0 saturated carbocycles. The van der Waals surface area contributed by atoms with Crippen molar-refractivity contribution in [3.63, 3.8) is 0 Å². The molecule has 2 rings (SSSR count). The van der Waals surface area contributed by atoms with Gasteiger partial charge >= 0.3 is 7.69 Å². The largest absolute Gasteiger partial charge is 0.569 e. The van der Waals surface area contributed by atoms with Crippen molar-refractivity contribution >= 4 is 7.69 Å². The lowest BCUT2D eigenvalue weighted by Gasteiger charge is -2.28. The van der Waals surface area contributed by atoms with E-state index in [1.807, 2.05) is 12.1 Å². The van der Waals surface area contributed by atoms with Crippen LogP contribution in [0.15, 0.2) is 42.5 Å². The third-order valence-corrected chi connectivity index (χ3v) is 4.01. The minimum Gasteiger partial charge on any atom is -0.537 e. The Balaban J connectivity index is 2.69. The van der Waals surface area contributed by atoms with Crippen LogP contribution >= 0.6 is 0 Å². The maximum absolute atomic E-state index is 8.90. The molecule has 0 unspecified atom stereocenters. The Labute approximate surface area is 140 Å². The highest BCUT2D eigenvalue weighted by Gasteiger charge is 2.24. The first-order valence-electron chi connectivity index (χ1n) is 8.01. The van der Waals surface area contributed by atoms with Crippen LogP contribution in [0.2, 0.25) is 0 Å². The Morgan fingerprint density at radius 2 is 1.35 bits per heavy atom. The van der Waals surface area contributed by atoms with Gasteiger partial charge in [0.05, 0.1) is 0 Å². The quantitative estimate of drug-likeness (QED) is 0.821. The van der Waals surface area contributed by atoms with Crippen LogP contribution in [0.25, 0.3) is 11.1 Å². The van der Waals surface area contributed by atoms with Gasteiger partial charge in [-0.2, -0.15) is 0 Å². The molecule has 0 fully saturated rings. The Hall–Kier alpha value is -1.74. The molecule has 0 saturated heterocycles. The average molecular weight is 309 g/mol. The van der Waals surface area contributed by atoms with E-state index < -0.39 is 0 Å². The summed E-state index contributed by atoms with van der Waals surface area (Å²) < 4.78 is 5.16. The fourth-order valence-electron chi connectivity index (χ4n) is 2.88. The summed E-state index contributed by atoms with van der Waals surface area (Å²) in [6.07, 6.45) is 0. The molecule has 121 valence electrons. The third-order valence-electron chi connectivity index (χ3n) is 4.01. The predicted molar refractivity (Wildman–Crippen MR) is 97.9 cm³/mol. The molecular weight excluding hydrogens is 283 g/mol. The van der Waals surface area contributed by atoms with Gasteiger partial charge in [0.25, 0.3) is 0 Å². The van der Waals surface area contributed by atoms with Gasteiger partial charge in [-0.1, -0.05) is 71.9 Å². The van der Waals surface area contributed by atoms with E-state index in [0.29, 0.717) is 5.75 Å². The highest BCUT2D eigenvalue weighted by molar-refractivity contribution is 6.17. The van der Waals surface area contributed by atoms with E-state index in [0.717, 1.165) is 7.69 Å². The van der Waals surface area contributed by atoms with Crippen molar-refractivity contribution in [1.82, 2.24) is 0 Å². The van der Waals surface area contributed by atoms with Crippen LogP contribution in [0, 0.1) is 0 Å². The molecule has 0 aromatic heterocycles. The van der Waals surface area contributed by atoms with Crippen LogP contribution in [0.5, 0.6) is 5.75 Å². The molecule has 2 aromatic rings. The second-order valence-electron chi connectivity index (χ2n) is 7.98. The Morgan fingerprint density at radius 1 is 0.783 bits per heavy atom. The highest BCUT2D eigenvalue weighted by atomic mass is 16.5. The number of rotatable bonds is 3. The molecule has 23 heavy (non-hydrogen) atoms. The van der Waals surface area contributed by atoms with Crippen LogP contribution in [-0.2, 0) is 10.8 Å². The van der Waals surface area contributed by atoms with Crippen LogP contribution in [-0.4, -0.2) is 12.7 Å². The summed E-state index contributed by atoms with van der Waals surface area (Å²) in [4.78, 5) is 0. The zero-order chi connectivity index (χ0) is 17.3. The molecule has 3 heteroatoms. The molecule has 0 aliphatic carbocycles. The predicted octanol–water partition coefficient (Wildman–Crippen LogP) is 4.85. The van der Waals surface area contributed by atoms with Gasteiger partial charge in [0, 0.05) is 0 Å². The van der Waals surface area contributed by atoms with Crippen molar-refractivity contribution in [2.75, 3.05) is 0 Å². The van der Waals surface area contributed by atoms with Crippen LogP contribution in [0.4, 0.5) is 0 Å². The van der Waals surface area contributed by atoms with Crippen molar-refractivity contribution in [2.45, 2.75) is 52.4 Å². The third kappa shape index (κ3) is 3.97. The summed E-state index contributed by atoms with van der Waals surface area (Å²) in [6, 6.07) is 14.6. The Morgan fingerprint density at radius 3 is 1.91 bits per heavy atom. The minimum absolute atomic E-state index is 0.0326. The van der Waals surface area contributed by atoms with Gasteiger partial charge < -0.3 is 9.68 Å². The molecule has 0 heterocycles. The lowest BCUT2D eigenvalue weighted by Crippen LogP contribution is -2.16. The van der Waals surface area contributed by atoms with Crippen LogP contribution in [0.1, 0.15) is 52.7 Å². The highest BCUT2D eigenvalue weighted by Crippen LogP contribution is 2.39. The second-order valence-corrected chi connectivity index (χ2v) is 7.98. The first kappa shape index (κ1) is 17.6. The zero-order valence-corrected chi connectivity index (χ0v) is 15.0. The zero-order valence-electron chi connectivity index (χ0n) is 15.0. The molecular formula is C20H26BO2. The van der Waals surface area contributed by atoms with Gasteiger partial charge in [-0.05, 0) is 45.2 Å². The SMILES string of the molecule is CC(C)(C)c1ccccc1-c1ccc(O[B]O)cc1C(C)(C)C. The second kappa shape index (κ2) is 6.41. The molecule has 0 amide bonds. The van der Waals surface area contributed by atoms with E-state index in [1.165, 1.54) is 22.3 Å². The van der Waals surface area contributed by atoms with Gasteiger partial charge in [-0.25, -0.2) is 0 Å². The van der Waals surface area contributed by atoms with E-state index in [1.54, 1.807) is 0 Å². The summed E-state index contributed by atoms with van der Waals surface area (Å²) in [5, 5.41) is 8.90. The summed E-state index contributed by atoms with van der Waals surface area (Å²) in [5.74, 6) is 0.648. The van der Waals surface area contributed by atoms with E-state index in [-0.39, 0.29) is 10.8 Å². The standard InChI is InChI=1S/C20H26BO2/c1-19(2,3)17-10-8-7-9-15(17)16-12-11-14(23-21-22)13-18(16)20(4,5)6/h7-13,22H,1-6H3. The first-order chi connectivity index (χ1) is 10.6. The van der Waals surface area contributed by atoms with E-state index in [9.17, 15) is 0 Å². The smallest absolute Gasteiger partial charge is 0.537 e. The van der Waals surface area contributed by atoms with Gasteiger partial charge in [0.15, 0.2) is 0 Å². The maximum atomic E-state index is 8.90. The summed E-state index contributed by atoms with van der Waals surface area (Å²) >= 11 is 0. The molecule has 2 aromatic carbocycles. The van der Waals surface area contributed by atoms with Crippen molar-refractivity contribution in [1.29, 1.82) is 0 Å². The Bertz CT molecular complexity index is 679. The topological polar surface area (TPSA) is 29.5 Å². The molecule has 0 aliphatic rings. The number of hydrogen-bond donors (Lipinski definition) is 1. The molecule has 0 atom stereocenters. The normalized spacial score (nSPS) is 12.1. The molecule has 2 nitrogen and oxygen atoms in total. The van der Waals surface area contributed by atoms with Gasteiger partial charge in [0.2, 0.25) is 0 Å². The van der Waals surface area contributed by atoms with Gasteiger partial charge in [0.1, 0.15) is 5.75 Å². The van der Waals surface area contributed by atoms with Crippen molar-refractivity contribution in [3.8, 4) is 16.9 Å². The Kier molecular flexibility index (Phi) is 4.91. The van der Waals surface area contributed by atoms with E-state index in [2.05, 4.69) is 71.9 Å². The number of benzene rings is 2. The molecule has 1 radical (unpaired) electrons. The molecule has 0 bridgehead atoms. The van der Waals surface area contributed by atoms with E-state index in [4.69, 9.17) is 9.68 Å². The van der Waals surface area contributed by atoms with Crippen LogP contribution in [0.3, 0.4) is 0 Å². The summed E-state index contributed by atoms with van der Waals surface area (Å²) in [6.45, 7) is 13.3. The first-order valence-corrected chi connectivity index (χ1v) is 8.01.